The number of nitrogens with two attached hydrogens (primary N) is 1. The third-order valence-corrected chi connectivity index (χ3v) is 3.29. The highest BCUT2D eigenvalue weighted by molar-refractivity contribution is 5.98. The van der Waals surface area contributed by atoms with Gasteiger partial charge in [0.05, 0.1) is 24.0 Å². The Balaban J connectivity index is 2.10. The van der Waals surface area contributed by atoms with Gasteiger partial charge in [-0.25, -0.2) is 9.80 Å². The molecule has 19 heavy (non-hydrogen) atoms. The van der Waals surface area contributed by atoms with Gasteiger partial charge in [0.2, 0.25) is 0 Å². The highest BCUT2D eigenvalue weighted by Gasteiger charge is 2.17. The summed E-state index contributed by atoms with van der Waals surface area (Å²) in [6.45, 7) is 3.84. The predicted molar refractivity (Wildman–Crippen MR) is 74.9 cm³/mol. The van der Waals surface area contributed by atoms with Crippen molar-refractivity contribution < 1.29 is 9.53 Å². The van der Waals surface area contributed by atoms with E-state index in [2.05, 4.69) is 22.4 Å². The lowest BCUT2D eigenvalue weighted by Crippen LogP contribution is -2.47. The molecule has 1 fully saturated rings. The number of nitrogens with zero attached hydrogens (tertiary/aromatic N) is 2. The van der Waals surface area contributed by atoms with Gasteiger partial charge in [0, 0.05) is 26.2 Å². The molecule has 0 aromatic heterocycles. The van der Waals surface area contributed by atoms with E-state index in [-0.39, 0.29) is 0 Å². The lowest BCUT2D eigenvalue weighted by molar-refractivity contribution is 0.0602. The van der Waals surface area contributed by atoms with Crippen molar-refractivity contribution in [3.63, 3.8) is 0 Å². The van der Waals surface area contributed by atoms with E-state index in [0.29, 0.717) is 11.3 Å². The van der Waals surface area contributed by atoms with E-state index in [1.54, 1.807) is 12.1 Å². The van der Waals surface area contributed by atoms with Crippen LogP contribution in [0.2, 0.25) is 0 Å². The molecule has 1 aliphatic heterocycles. The smallest absolute Gasteiger partial charge is 0.340 e. The van der Waals surface area contributed by atoms with Crippen LogP contribution in [0.15, 0.2) is 18.2 Å². The second kappa shape index (κ2) is 5.90. The molecule has 2 rings (SSSR count). The largest absolute Gasteiger partial charge is 0.465 e. The zero-order chi connectivity index (χ0) is 13.8. The van der Waals surface area contributed by atoms with E-state index < -0.39 is 5.97 Å². The van der Waals surface area contributed by atoms with Gasteiger partial charge < -0.3 is 20.8 Å². The lowest BCUT2D eigenvalue weighted by Gasteiger charge is -2.33. The van der Waals surface area contributed by atoms with Crippen molar-refractivity contribution in [1.82, 2.24) is 9.91 Å². The standard InChI is InChI=1S/C13H20N4O2/c1-16-6-8-17(9-7-16)15-11-5-3-4-10(12(11)14)13(18)19-2/h3-5,15H,6-9,14H2,1-2H3. The van der Waals surface area contributed by atoms with Crippen molar-refractivity contribution in [1.29, 1.82) is 0 Å². The topological polar surface area (TPSA) is 70.8 Å². The summed E-state index contributed by atoms with van der Waals surface area (Å²) in [6.07, 6.45) is 0. The number of hydrogen-bond donors (Lipinski definition) is 2. The molecular formula is C13H20N4O2. The predicted octanol–water partition coefficient (Wildman–Crippen LogP) is 0.630. The number of carbonyl (C=O) groups excluding carboxylic acids is 1. The van der Waals surface area contributed by atoms with Crippen LogP contribution in [0.5, 0.6) is 0 Å². The van der Waals surface area contributed by atoms with Gasteiger partial charge in [0.1, 0.15) is 0 Å². The lowest BCUT2D eigenvalue weighted by atomic mass is 10.1. The molecule has 1 heterocycles. The van der Waals surface area contributed by atoms with Gasteiger partial charge in [-0.15, -0.1) is 0 Å². The molecule has 0 unspecified atom stereocenters. The van der Waals surface area contributed by atoms with Crippen molar-refractivity contribution in [3.8, 4) is 0 Å². The van der Waals surface area contributed by atoms with Crippen LogP contribution in [0.4, 0.5) is 11.4 Å². The summed E-state index contributed by atoms with van der Waals surface area (Å²) in [7, 11) is 3.45. The van der Waals surface area contributed by atoms with Gasteiger partial charge in [0.15, 0.2) is 0 Å². The Morgan fingerprint density at radius 2 is 2.00 bits per heavy atom. The molecule has 104 valence electrons. The van der Waals surface area contributed by atoms with E-state index in [4.69, 9.17) is 10.5 Å². The summed E-state index contributed by atoms with van der Waals surface area (Å²) in [5.41, 5.74) is 10.8. The highest BCUT2D eigenvalue weighted by Crippen LogP contribution is 2.24. The van der Waals surface area contributed by atoms with Gasteiger partial charge >= 0.3 is 5.97 Å². The maximum absolute atomic E-state index is 11.6. The minimum absolute atomic E-state index is 0.390. The van der Waals surface area contributed by atoms with E-state index in [1.807, 2.05) is 6.07 Å². The number of para-hydroxylation sites is 1. The summed E-state index contributed by atoms with van der Waals surface area (Å²) in [6, 6.07) is 5.32. The van der Waals surface area contributed by atoms with Gasteiger partial charge in [-0.05, 0) is 19.2 Å². The fraction of sp³-hybridized carbons (Fsp3) is 0.462. The highest BCUT2D eigenvalue weighted by atomic mass is 16.5. The molecule has 0 bridgehead atoms. The minimum Gasteiger partial charge on any atom is -0.465 e. The van der Waals surface area contributed by atoms with Crippen LogP contribution in [0.25, 0.3) is 0 Å². The van der Waals surface area contributed by atoms with Crippen LogP contribution in [0.1, 0.15) is 10.4 Å². The summed E-state index contributed by atoms with van der Waals surface area (Å²) >= 11 is 0. The molecule has 6 heteroatoms. The molecular weight excluding hydrogens is 244 g/mol. The number of esters is 1. The number of piperazine rings is 1. The van der Waals surface area contributed by atoms with Crippen molar-refractivity contribution in [2.45, 2.75) is 0 Å². The molecule has 6 nitrogen and oxygen atoms in total. The van der Waals surface area contributed by atoms with Crippen LogP contribution in [0.3, 0.4) is 0 Å². The first-order valence-corrected chi connectivity index (χ1v) is 6.28. The third-order valence-electron chi connectivity index (χ3n) is 3.29. The monoisotopic (exact) mass is 264 g/mol. The van der Waals surface area contributed by atoms with Crippen LogP contribution in [0, 0.1) is 0 Å². The number of likely N-dealkylation sites (N-methyl/N-ethyl adjacent to an activating group) is 1. The van der Waals surface area contributed by atoms with E-state index in [1.165, 1.54) is 7.11 Å². The molecule has 1 saturated heterocycles. The molecule has 3 N–H and O–H groups in total. The normalized spacial score (nSPS) is 17.2. The van der Waals surface area contributed by atoms with Crippen LogP contribution >= 0.6 is 0 Å². The molecule has 0 saturated carbocycles. The zero-order valence-electron chi connectivity index (χ0n) is 11.3. The summed E-state index contributed by atoms with van der Waals surface area (Å²) < 4.78 is 4.71. The van der Waals surface area contributed by atoms with Crippen LogP contribution in [-0.4, -0.2) is 56.2 Å². The van der Waals surface area contributed by atoms with E-state index in [9.17, 15) is 4.79 Å². The van der Waals surface area contributed by atoms with Crippen LogP contribution < -0.4 is 11.2 Å². The van der Waals surface area contributed by atoms with Crippen molar-refractivity contribution in [2.24, 2.45) is 0 Å². The van der Waals surface area contributed by atoms with Crippen molar-refractivity contribution in [2.75, 3.05) is 51.5 Å². The number of methoxy groups -OCH3 is 1. The first-order chi connectivity index (χ1) is 9.11. The first-order valence-electron chi connectivity index (χ1n) is 6.28. The summed E-state index contributed by atoms with van der Waals surface area (Å²) in [5.74, 6) is -0.417. The van der Waals surface area contributed by atoms with Gasteiger partial charge in [-0.3, -0.25) is 0 Å². The number of hydrazine groups is 1. The number of ether oxygens (including phenoxy) is 1. The van der Waals surface area contributed by atoms with Crippen molar-refractivity contribution in [3.05, 3.63) is 23.8 Å². The Labute approximate surface area is 113 Å². The second-order valence-electron chi connectivity index (χ2n) is 4.66. The van der Waals surface area contributed by atoms with Gasteiger partial charge in [-0.1, -0.05) is 6.07 Å². The third kappa shape index (κ3) is 3.15. The average Bonchev–Trinajstić information content (AvgIpc) is 2.43. The Morgan fingerprint density at radius 1 is 1.32 bits per heavy atom. The maximum atomic E-state index is 11.6. The van der Waals surface area contributed by atoms with Crippen LogP contribution in [-0.2, 0) is 4.74 Å². The quantitative estimate of drug-likeness (QED) is 0.616. The number of benzene rings is 1. The van der Waals surface area contributed by atoms with Gasteiger partial charge in [-0.2, -0.15) is 0 Å². The zero-order valence-corrected chi connectivity index (χ0v) is 11.3. The molecule has 1 aliphatic rings. The van der Waals surface area contributed by atoms with E-state index in [0.717, 1.165) is 31.9 Å². The number of nitrogens with one attached hydrogen (secondary N) is 1. The molecule has 0 spiro atoms. The number of anilines is 2. The molecule has 0 radical (unpaired) electrons. The molecule has 1 aromatic carbocycles. The second-order valence-corrected chi connectivity index (χ2v) is 4.66. The van der Waals surface area contributed by atoms with Crippen molar-refractivity contribution >= 4 is 17.3 Å². The number of carbonyl (C=O) groups is 1. The maximum Gasteiger partial charge on any atom is 0.340 e. The Kier molecular flexibility index (Phi) is 4.24. The first kappa shape index (κ1) is 13.6. The van der Waals surface area contributed by atoms with E-state index >= 15 is 0 Å². The fourth-order valence-corrected chi connectivity index (χ4v) is 2.04. The number of rotatable bonds is 3. The summed E-state index contributed by atoms with van der Waals surface area (Å²) in [5, 5.41) is 2.10. The molecule has 0 aliphatic carbocycles. The number of hydrogen-bond acceptors (Lipinski definition) is 6. The molecule has 1 aromatic rings. The Hall–Kier alpha value is -1.79. The molecule has 0 amide bonds. The SMILES string of the molecule is COC(=O)c1cccc(NN2CCN(C)CC2)c1N. The fourth-order valence-electron chi connectivity index (χ4n) is 2.04. The average molecular weight is 264 g/mol. The summed E-state index contributed by atoms with van der Waals surface area (Å²) in [4.78, 5) is 13.8. The Morgan fingerprint density at radius 3 is 2.63 bits per heavy atom. The van der Waals surface area contributed by atoms with Gasteiger partial charge in [0.25, 0.3) is 0 Å². The minimum atomic E-state index is -0.417. The molecule has 0 atom stereocenters. The Bertz CT molecular complexity index is 456. The number of nitrogen functional groups attached to an aromatic ring is 1.